The molecule has 4 heteroatoms. The Morgan fingerprint density at radius 3 is 2.93 bits per heavy atom. The molecule has 1 aromatic carbocycles. The molecule has 78 valence electrons. The number of halogens is 2. The summed E-state index contributed by atoms with van der Waals surface area (Å²) in [6.07, 6.45) is 1.84. The van der Waals surface area contributed by atoms with Gasteiger partial charge in [-0.15, -0.1) is 0 Å². The van der Waals surface area contributed by atoms with E-state index in [1.165, 1.54) is 6.07 Å². The first-order chi connectivity index (χ1) is 7.25. The summed E-state index contributed by atoms with van der Waals surface area (Å²) in [5.41, 5.74) is 1.52. The van der Waals surface area contributed by atoms with Gasteiger partial charge in [-0.25, -0.2) is 4.39 Å². The average Bonchev–Trinajstić information content (AvgIpc) is 2.72. The zero-order chi connectivity index (χ0) is 10.7. The predicted molar refractivity (Wildman–Crippen MR) is 62.2 cm³/mol. The molecule has 0 aliphatic carbocycles. The lowest BCUT2D eigenvalue weighted by molar-refractivity contribution is 0.629. The highest BCUT2D eigenvalue weighted by Crippen LogP contribution is 2.20. The standard InChI is InChI=1S/C11H10BrFN2/c12-8-3-4-10(13)11(6-8)15-7-9-2-1-5-14-9/h1-6,14-15H,7H2. The molecule has 15 heavy (non-hydrogen) atoms. The number of aromatic amines is 1. The van der Waals surface area contributed by atoms with Gasteiger partial charge in [0.25, 0.3) is 0 Å². The van der Waals surface area contributed by atoms with Gasteiger partial charge >= 0.3 is 0 Å². The van der Waals surface area contributed by atoms with Crippen LogP contribution in [-0.2, 0) is 6.54 Å². The zero-order valence-electron chi connectivity index (χ0n) is 7.93. The molecule has 1 aromatic heterocycles. The van der Waals surface area contributed by atoms with Gasteiger partial charge in [-0.1, -0.05) is 15.9 Å². The van der Waals surface area contributed by atoms with Crippen molar-refractivity contribution in [1.29, 1.82) is 0 Å². The lowest BCUT2D eigenvalue weighted by Crippen LogP contribution is -2.01. The number of benzene rings is 1. The molecule has 0 saturated heterocycles. The molecule has 0 unspecified atom stereocenters. The minimum Gasteiger partial charge on any atom is -0.377 e. The number of aromatic nitrogens is 1. The zero-order valence-corrected chi connectivity index (χ0v) is 9.51. The number of hydrogen-bond donors (Lipinski definition) is 2. The summed E-state index contributed by atoms with van der Waals surface area (Å²) in [6.45, 7) is 0.584. The lowest BCUT2D eigenvalue weighted by atomic mass is 10.3. The van der Waals surface area contributed by atoms with Crippen molar-refractivity contribution >= 4 is 21.6 Å². The van der Waals surface area contributed by atoms with E-state index in [4.69, 9.17) is 0 Å². The highest BCUT2D eigenvalue weighted by molar-refractivity contribution is 9.10. The van der Waals surface area contributed by atoms with Crippen molar-refractivity contribution in [3.05, 3.63) is 52.5 Å². The Kier molecular flexibility index (Phi) is 3.06. The number of nitrogens with one attached hydrogen (secondary N) is 2. The van der Waals surface area contributed by atoms with Crippen molar-refractivity contribution < 1.29 is 4.39 Å². The first-order valence-corrected chi connectivity index (χ1v) is 5.36. The van der Waals surface area contributed by atoms with E-state index in [1.54, 1.807) is 12.1 Å². The minimum absolute atomic E-state index is 0.246. The molecule has 0 atom stereocenters. The summed E-state index contributed by atoms with van der Waals surface area (Å²) in [6, 6.07) is 8.69. The second-order valence-corrected chi connectivity index (χ2v) is 4.09. The molecule has 0 aliphatic rings. The van der Waals surface area contributed by atoms with Crippen molar-refractivity contribution in [1.82, 2.24) is 4.98 Å². The maximum absolute atomic E-state index is 13.3. The highest BCUT2D eigenvalue weighted by atomic mass is 79.9. The van der Waals surface area contributed by atoms with E-state index in [1.807, 2.05) is 18.3 Å². The van der Waals surface area contributed by atoms with E-state index in [0.29, 0.717) is 12.2 Å². The molecule has 0 aliphatic heterocycles. The third-order valence-corrected chi connectivity index (χ3v) is 2.55. The maximum Gasteiger partial charge on any atom is 0.146 e. The highest BCUT2D eigenvalue weighted by Gasteiger charge is 2.02. The minimum atomic E-state index is -0.246. The van der Waals surface area contributed by atoms with Crippen LogP contribution in [0.15, 0.2) is 41.0 Å². The third kappa shape index (κ3) is 2.59. The van der Waals surface area contributed by atoms with Gasteiger partial charge in [0.05, 0.1) is 12.2 Å². The van der Waals surface area contributed by atoms with Gasteiger partial charge < -0.3 is 10.3 Å². The van der Waals surface area contributed by atoms with Crippen LogP contribution in [0.2, 0.25) is 0 Å². The Labute approximate surface area is 95.6 Å². The van der Waals surface area contributed by atoms with E-state index in [9.17, 15) is 4.39 Å². The van der Waals surface area contributed by atoms with Crippen molar-refractivity contribution in [3.63, 3.8) is 0 Å². The van der Waals surface area contributed by atoms with Crippen LogP contribution in [0.5, 0.6) is 0 Å². The largest absolute Gasteiger partial charge is 0.377 e. The quantitative estimate of drug-likeness (QED) is 0.876. The van der Waals surface area contributed by atoms with E-state index < -0.39 is 0 Å². The molecular formula is C11H10BrFN2. The van der Waals surface area contributed by atoms with Gasteiger partial charge in [-0.2, -0.15) is 0 Å². The van der Waals surface area contributed by atoms with Crippen LogP contribution in [0.3, 0.4) is 0 Å². The Morgan fingerprint density at radius 2 is 2.20 bits per heavy atom. The van der Waals surface area contributed by atoms with E-state index in [2.05, 4.69) is 26.2 Å². The molecule has 0 bridgehead atoms. The molecule has 2 nitrogen and oxygen atoms in total. The van der Waals surface area contributed by atoms with Crippen molar-refractivity contribution in [2.75, 3.05) is 5.32 Å². The topological polar surface area (TPSA) is 27.8 Å². The number of hydrogen-bond acceptors (Lipinski definition) is 1. The molecule has 2 rings (SSSR count). The maximum atomic E-state index is 13.3. The van der Waals surface area contributed by atoms with Gasteiger partial charge in [0.1, 0.15) is 5.82 Å². The fourth-order valence-corrected chi connectivity index (χ4v) is 1.66. The summed E-state index contributed by atoms with van der Waals surface area (Å²) in [7, 11) is 0. The fourth-order valence-electron chi connectivity index (χ4n) is 1.30. The van der Waals surface area contributed by atoms with E-state index in [-0.39, 0.29) is 5.82 Å². The smallest absolute Gasteiger partial charge is 0.146 e. The molecule has 2 N–H and O–H groups in total. The Hall–Kier alpha value is -1.29. The first kappa shape index (κ1) is 10.2. The van der Waals surface area contributed by atoms with Crippen molar-refractivity contribution in [3.8, 4) is 0 Å². The third-order valence-electron chi connectivity index (χ3n) is 2.06. The summed E-state index contributed by atoms with van der Waals surface area (Å²) in [5, 5.41) is 3.02. The van der Waals surface area contributed by atoms with Gasteiger partial charge in [0.15, 0.2) is 0 Å². The second-order valence-electron chi connectivity index (χ2n) is 3.17. The van der Waals surface area contributed by atoms with Gasteiger partial charge in [0, 0.05) is 16.4 Å². The van der Waals surface area contributed by atoms with Gasteiger partial charge in [0.2, 0.25) is 0 Å². The van der Waals surface area contributed by atoms with Crippen LogP contribution in [0.1, 0.15) is 5.69 Å². The molecule has 0 fully saturated rings. The molecule has 0 amide bonds. The monoisotopic (exact) mass is 268 g/mol. The van der Waals surface area contributed by atoms with Crippen molar-refractivity contribution in [2.45, 2.75) is 6.54 Å². The molecule has 2 aromatic rings. The Balaban J connectivity index is 2.07. The lowest BCUT2D eigenvalue weighted by Gasteiger charge is -2.06. The molecule has 0 radical (unpaired) electrons. The summed E-state index contributed by atoms with van der Waals surface area (Å²) in [4.78, 5) is 3.04. The number of anilines is 1. The van der Waals surface area contributed by atoms with E-state index in [0.717, 1.165) is 10.2 Å². The van der Waals surface area contributed by atoms with Crippen LogP contribution >= 0.6 is 15.9 Å². The summed E-state index contributed by atoms with van der Waals surface area (Å²) >= 11 is 3.30. The van der Waals surface area contributed by atoms with E-state index >= 15 is 0 Å². The molecule has 1 heterocycles. The van der Waals surface area contributed by atoms with Crippen LogP contribution < -0.4 is 5.32 Å². The fraction of sp³-hybridized carbons (Fsp3) is 0.0909. The van der Waals surface area contributed by atoms with Gasteiger partial charge in [-0.3, -0.25) is 0 Å². The van der Waals surface area contributed by atoms with Crippen LogP contribution in [0.4, 0.5) is 10.1 Å². The predicted octanol–water partition coefficient (Wildman–Crippen LogP) is 3.53. The Morgan fingerprint density at radius 1 is 1.33 bits per heavy atom. The van der Waals surface area contributed by atoms with Crippen LogP contribution in [0, 0.1) is 5.82 Å². The number of rotatable bonds is 3. The van der Waals surface area contributed by atoms with Crippen LogP contribution in [0.25, 0.3) is 0 Å². The molecule has 0 saturated carbocycles. The average molecular weight is 269 g/mol. The normalized spacial score (nSPS) is 10.3. The van der Waals surface area contributed by atoms with Gasteiger partial charge in [-0.05, 0) is 30.3 Å². The number of H-pyrrole nitrogens is 1. The molecular weight excluding hydrogens is 259 g/mol. The molecule has 0 spiro atoms. The first-order valence-electron chi connectivity index (χ1n) is 4.57. The summed E-state index contributed by atoms with van der Waals surface area (Å²) < 4.78 is 14.2. The summed E-state index contributed by atoms with van der Waals surface area (Å²) in [5.74, 6) is -0.246. The second kappa shape index (κ2) is 4.49. The van der Waals surface area contributed by atoms with Crippen LogP contribution in [-0.4, -0.2) is 4.98 Å². The Bertz CT molecular complexity index is 440. The SMILES string of the molecule is Fc1ccc(Br)cc1NCc1ccc[nH]1. The van der Waals surface area contributed by atoms with Crippen molar-refractivity contribution in [2.24, 2.45) is 0 Å².